The van der Waals surface area contributed by atoms with Crippen LogP contribution in [0.3, 0.4) is 0 Å². The first-order valence-corrected chi connectivity index (χ1v) is 11.0. The number of amides is 2. The Labute approximate surface area is 164 Å². The molecule has 3 heterocycles. The summed E-state index contributed by atoms with van der Waals surface area (Å²) in [4.78, 5) is 31.3. The van der Waals surface area contributed by atoms with E-state index in [0.717, 1.165) is 64.6 Å². The molecule has 3 aliphatic heterocycles. The number of rotatable bonds is 3. The molecule has 3 saturated heterocycles. The first-order chi connectivity index (χ1) is 13.0. The van der Waals surface area contributed by atoms with Gasteiger partial charge in [0, 0.05) is 50.2 Å². The molecule has 0 aromatic heterocycles. The molecule has 0 aliphatic carbocycles. The predicted molar refractivity (Wildman–Crippen MR) is 106 cm³/mol. The second-order valence-corrected chi connectivity index (χ2v) is 8.59. The minimum absolute atomic E-state index is 0.172. The number of nitrogens with zero attached hydrogens (tertiary/aromatic N) is 3. The molecule has 0 saturated carbocycles. The monoisotopic (exact) mass is 379 g/mol. The van der Waals surface area contributed by atoms with E-state index in [-0.39, 0.29) is 18.2 Å². The lowest BCUT2D eigenvalue weighted by Crippen LogP contribution is -2.57. The van der Waals surface area contributed by atoms with E-state index in [1.165, 1.54) is 6.42 Å². The predicted octanol–water partition coefficient (Wildman–Crippen LogP) is 3.25. The standard InChI is InChI=1S/C21H37N3O3/c1-4-27-21(26)24-16(2)14-19(15-17(24)3)22-12-9-18(10-13-22)23-11-7-5-6-8-20(23)25/h16-19H,4-15H2,1-3H3. The van der Waals surface area contributed by atoms with Crippen molar-refractivity contribution in [2.45, 2.75) is 96.3 Å². The summed E-state index contributed by atoms with van der Waals surface area (Å²) in [5, 5.41) is 0. The molecule has 0 aromatic rings. The Kier molecular flexibility index (Phi) is 7.01. The van der Waals surface area contributed by atoms with E-state index in [2.05, 4.69) is 23.6 Å². The Morgan fingerprint density at radius 3 is 2.30 bits per heavy atom. The van der Waals surface area contributed by atoms with Gasteiger partial charge in [-0.1, -0.05) is 6.42 Å². The highest BCUT2D eigenvalue weighted by Gasteiger charge is 2.38. The summed E-state index contributed by atoms with van der Waals surface area (Å²) >= 11 is 0. The molecule has 27 heavy (non-hydrogen) atoms. The highest BCUT2D eigenvalue weighted by Crippen LogP contribution is 2.30. The molecule has 0 bridgehead atoms. The van der Waals surface area contributed by atoms with E-state index < -0.39 is 0 Å². The van der Waals surface area contributed by atoms with Crippen molar-refractivity contribution in [3.05, 3.63) is 0 Å². The van der Waals surface area contributed by atoms with Gasteiger partial charge in [-0.25, -0.2) is 4.79 Å². The van der Waals surface area contributed by atoms with Crippen molar-refractivity contribution < 1.29 is 14.3 Å². The smallest absolute Gasteiger partial charge is 0.410 e. The number of carbonyl (C=O) groups is 2. The van der Waals surface area contributed by atoms with Crippen LogP contribution in [0.25, 0.3) is 0 Å². The first kappa shape index (κ1) is 20.4. The molecule has 3 fully saturated rings. The lowest BCUT2D eigenvalue weighted by Gasteiger charge is -2.48. The highest BCUT2D eigenvalue weighted by molar-refractivity contribution is 5.76. The van der Waals surface area contributed by atoms with Gasteiger partial charge in [-0.15, -0.1) is 0 Å². The molecule has 154 valence electrons. The van der Waals surface area contributed by atoms with E-state index in [1.807, 2.05) is 11.8 Å². The van der Waals surface area contributed by atoms with Crippen LogP contribution >= 0.6 is 0 Å². The SMILES string of the molecule is CCOC(=O)N1C(C)CC(N2CCC(N3CCCCCC3=O)CC2)CC1C. The van der Waals surface area contributed by atoms with Gasteiger partial charge in [-0.05, 0) is 59.3 Å². The molecule has 3 rings (SSSR count). The molecular formula is C21H37N3O3. The van der Waals surface area contributed by atoms with Gasteiger partial charge in [-0.2, -0.15) is 0 Å². The van der Waals surface area contributed by atoms with Crippen LogP contribution in [0.15, 0.2) is 0 Å². The van der Waals surface area contributed by atoms with Crippen molar-refractivity contribution in [1.82, 2.24) is 14.7 Å². The van der Waals surface area contributed by atoms with E-state index in [0.29, 0.717) is 24.6 Å². The van der Waals surface area contributed by atoms with Crippen molar-refractivity contribution in [3.8, 4) is 0 Å². The van der Waals surface area contributed by atoms with Crippen LogP contribution in [0.5, 0.6) is 0 Å². The number of hydrogen-bond donors (Lipinski definition) is 0. The topological polar surface area (TPSA) is 53.1 Å². The molecule has 2 unspecified atom stereocenters. The van der Waals surface area contributed by atoms with E-state index >= 15 is 0 Å². The van der Waals surface area contributed by atoms with Gasteiger partial charge >= 0.3 is 6.09 Å². The molecule has 3 aliphatic rings. The number of hydrogen-bond acceptors (Lipinski definition) is 4. The summed E-state index contributed by atoms with van der Waals surface area (Å²) in [6.07, 6.45) is 8.18. The molecular weight excluding hydrogens is 342 g/mol. The zero-order chi connectivity index (χ0) is 19.4. The quantitative estimate of drug-likeness (QED) is 0.755. The average Bonchev–Trinajstić information content (AvgIpc) is 2.86. The van der Waals surface area contributed by atoms with Gasteiger partial charge in [0.25, 0.3) is 0 Å². The number of ether oxygens (including phenoxy) is 1. The van der Waals surface area contributed by atoms with Gasteiger partial charge in [0.2, 0.25) is 5.91 Å². The summed E-state index contributed by atoms with van der Waals surface area (Å²) in [6, 6.07) is 1.38. The van der Waals surface area contributed by atoms with Crippen molar-refractivity contribution in [1.29, 1.82) is 0 Å². The second kappa shape index (κ2) is 9.26. The first-order valence-electron chi connectivity index (χ1n) is 11.0. The van der Waals surface area contributed by atoms with Crippen LogP contribution in [0.2, 0.25) is 0 Å². The number of piperidine rings is 2. The Bertz CT molecular complexity index is 507. The third kappa shape index (κ3) is 4.76. The average molecular weight is 380 g/mol. The van der Waals surface area contributed by atoms with Gasteiger partial charge < -0.3 is 19.4 Å². The summed E-state index contributed by atoms with van der Waals surface area (Å²) in [6.45, 7) is 9.66. The fourth-order valence-corrected chi connectivity index (χ4v) is 5.35. The molecule has 0 spiro atoms. The van der Waals surface area contributed by atoms with E-state index in [9.17, 15) is 9.59 Å². The molecule has 2 amide bonds. The van der Waals surface area contributed by atoms with E-state index in [1.54, 1.807) is 0 Å². The van der Waals surface area contributed by atoms with Crippen LogP contribution in [0, 0.1) is 0 Å². The zero-order valence-electron chi connectivity index (χ0n) is 17.4. The van der Waals surface area contributed by atoms with E-state index in [4.69, 9.17) is 4.74 Å². The summed E-state index contributed by atoms with van der Waals surface area (Å²) in [5.74, 6) is 0.371. The molecule has 0 aromatic carbocycles. The van der Waals surface area contributed by atoms with Crippen molar-refractivity contribution in [3.63, 3.8) is 0 Å². The largest absolute Gasteiger partial charge is 0.450 e. The lowest BCUT2D eigenvalue weighted by atomic mass is 9.90. The van der Waals surface area contributed by atoms with Crippen molar-refractivity contribution in [2.24, 2.45) is 0 Å². The summed E-state index contributed by atoms with van der Waals surface area (Å²) < 4.78 is 5.24. The van der Waals surface area contributed by atoms with Crippen LogP contribution < -0.4 is 0 Å². The molecule has 6 nitrogen and oxygen atoms in total. The minimum Gasteiger partial charge on any atom is -0.450 e. The Morgan fingerprint density at radius 2 is 1.67 bits per heavy atom. The van der Waals surface area contributed by atoms with Crippen LogP contribution in [-0.2, 0) is 9.53 Å². The van der Waals surface area contributed by atoms with Gasteiger partial charge in [0.1, 0.15) is 0 Å². The van der Waals surface area contributed by atoms with Crippen molar-refractivity contribution in [2.75, 3.05) is 26.2 Å². The third-order valence-electron chi connectivity index (χ3n) is 6.72. The van der Waals surface area contributed by atoms with Crippen molar-refractivity contribution >= 4 is 12.0 Å². The molecule has 2 atom stereocenters. The third-order valence-corrected chi connectivity index (χ3v) is 6.72. The minimum atomic E-state index is -0.172. The molecule has 6 heteroatoms. The zero-order valence-corrected chi connectivity index (χ0v) is 17.4. The molecule has 0 N–H and O–H groups in total. The second-order valence-electron chi connectivity index (χ2n) is 8.59. The Morgan fingerprint density at radius 1 is 1.00 bits per heavy atom. The normalized spacial score (nSPS) is 31.7. The molecule has 0 radical (unpaired) electrons. The maximum absolute atomic E-state index is 12.4. The lowest BCUT2D eigenvalue weighted by molar-refractivity contribution is -0.134. The Balaban J connectivity index is 1.52. The van der Waals surface area contributed by atoms with Crippen LogP contribution in [0.4, 0.5) is 4.79 Å². The maximum atomic E-state index is 12.4. The highest BCUT2D eigenvalue weighted by atomic mass is 16.6. The van der Waals surface area contributed by atoms with Gasteiger partial charge in [0.05, 0.1) is 6.61 Å². The fourth-order valence-electron chi connectivity index (χ4n) is 5.35. The number of likely N-dealkylation sites (tertiary alicyclic amines) is 3. The Hall–Kier alpha value is -1.30. The van der Waals surface area contributed by atoms with Gasteiger partial charge in [-0.3, -0.25) is 4.79 Å². The summed E-state index contributed by atoms with van der Waals surface area (Å²) in [5.41, 5.74) is 0. The van der Waals surface area contributed by atoms with Crippen LogP contribution in [-0.4, -0.2) is 77.1 Å². The summed E-state index contributed by atoms with van der Waals surface area (Å²) in [7, 11) is 0. The van der Waals surface area contributed by atoms with Crippen LogP contribution in [0.1, 0.15) is 72.1 Å². The number of carbonyl (C=O) groups excluding carboxylic acids is 2. The van der Waals surface area contributed by atoms with Gasteiger partial charge in [0.15, 0.2) is 0 Å². The fraction of sp³-hybridized carbons (Fsp3) is 0.905. The maximum Gasteiger partial charge on any atom is 0.410 e.